The molecule has 3 heterocycles. The summed E-state index contributed by atoms with van der Waals surface area (Å²) in [6.07, 6.45) is 2.70. The number of nitrogens with one attached hydrogen (secondary N) is 1. The Morgan fingerprint density at radius 2 is 1.84 bits per heavy atom. The van der Waals surface area contributed by atoms with Crippen LogP contribution in [-0.2, 0) is 16.1 Å². The molecular weight excluding hydrogens is 438 g/mol. The van der Waals surface area contributed by atoms with E-state index in [9.17, 15) is 14.4 Å². The molecule has 0 radical (unpaired) electrons. The summed E-state index contributed by atoms with van der Waals surface area (Å²) < 4.78 is 8.06. The molecule has 12 heteroatoms. The van der Waals surface area contributed by atoms with E-state index in [1.807, 2.05) is 6.92 Å². The summed E-state index contributed by atoms with van der Waals surface area (Å²) in [6.45, 7) is 9.63. The average Bonchev–Trinajstić information content (AvgIpc) is 3.34. The standard InChI is InChI=1S/C20H28ClN7O4/c1-5-27-17(15(21)11-22-27)18(29)23-16-12-28(24-13(16)3)14(4)19(30)25-7-9-26(10-8-25)20(31)32-6-2/h11-12,14H,5-10H2,1-4H3,(H,23,29). The second kappa shape index (κ2) is 10.0. The zero-order valence-electron chi connectivity index (χ0n) is 18.7. The molecule has 0 aromatic carbocycles. The molecule has 0 spiro atoms. The number of amides is 3. The number of aromatic nitrogens is 4. The first-order valence-corrected chi connectivity index (χ1v) is 10.9. The number of carbonyl (C=O) groups is 3. The van der Waals surface area contributed by atoms with Gasteiger partial charge in [0.05, 0.1) is 29.2 Å². The Kier molecular flexibility index (Phi) is 7.39. The van der Waals surface area contributed by atoms with Crippen LogP contribution in [0.15, 0.2) is 12.4 Å². The monoisotopic (exact) mass is 465 g/mol. The molecule has 1 unspecified atom stereocenters. The van der Waals surface area contributed by atoms with Gasteiger partial charge in [-0.05, 0) is 27.7 Å². The Hall–Kier alpha value is -3.08. The van der Waals surface area contributed by atoms with E-state index < -0.39 is 11.9 Å². The van der Waals surface area contributed by atoms with Crippen molar-refractivity contribution in [3.63, 3.8) is 0 Å². The summed E-state index contributed by atoms with van der Waals surface area (Å²) in [5.41, 5.74) is 1.33. The highest BCUT2D eigenvalue weighted by Crippen LogP contribution is 2.21. The van der Waals surface area contributed by atoms with E-state index in [1.165, 1.54) is 15.6 Å². The Morgan fingerprint density at radius 1 is 1.19 bits per heavy atom. The molecule has 1 aliphatic heterocycles. The molecule has 1 fully saturated rings. The lowest BCUT2D eigenvalue weighted by molar-refractivity contribution is -0.136. The van der Waals surface area contributed by atoms with Crippen molar-refractivity contribution < 1.29 is 19.1 Å². The molecule has 0 saturated carbocycles. The summed E-state index contributed by atoms with van der Waals surface area (Å²) in [7, 11) is 0. The molecule has 0 bridgehead atoms. The van der Waals surface area contributed by atoms with Gasteiger partial charge in [0.1, 0.15) is 11.7 Å². The van der Waals surface area contributed by atoms with Crippen LogP contribution in [0.4, 0.5) is 10.5 Å². The second-order valence-electron chi connectivity index (χ2n) is 7.41. The van der Waals surface area contributed by atoms with E-state index >= 15 is 0 Å². The fourth-order valence-electron chi connectivity index (χ4n) is 3.51. The number of hydrogen-bond acceptors (Lipinski definition) is 6. The van der Waals surface area contributed by atoms with Crippen molar-refractivity contribution in [2.45, 2.75) is 40.3 Å². The average molecular weight is 466 g/mol. The van der Waals surface area contributed by atoms with E-state index in [2.05, 4.69) is 15.5 Å². The number of rotatable bonds is 6. The third kappa shape index (κ3) is 4.87. The molecule has 1 saturated heterocycles. The summed E-state index contributed by atoms with van der Waals surface area (Å²) in [4.78, 5) is 40.8. The predicted octanol–water partition coefficient (Wildman–Crippen LogP) is 2.18. The van der Waals surface area contributed by atoms with Gasteiger partial charge in [-0.2, -0.15) is 10.2 Å². The van der Waals surface area contributed by atoms with Crippen LogP contribution >= 0.6 is 11.6 Å². The van der Waals surface area contributed by atoms with Crippen LogP contribution in [-0.4, -0.2) is 80.1 Å². The Bertz CT molecular complexity index is 994. The Morgan fingerprint density at radius 3 is 2.47 bits per heavy atom. The number of nitrogens with zero attached hydrogens (tertiary/aromatic N) is 6. The maximum Gasteiger partial charge on any atom is 0.409 e. The molecule has 0 aliphatic carbocycles. The van der Waals surface area contributed by atoms with E-state index in [0.29, 0.717) is 50.7 Å². The van der Waals surface area contributed by atoms with Crippen molar-refractivity contribution in [2.24, 2.45) is 0 Å². The third-order valence-electron chi connectivity index (χ3n) is 5.35. The highest BCUT2D eigenvalue weighted by atomic mass is 35.5. The lowest BCUT2D eigenvalue weighted by Gasteiger charge is -2.35. The first-order valence-electron chi connectivity index (χ1n) is 10.6. The number of anilines is 1. The Labute approximate surface area is 191 Å². The van der Waals surface area contributed by atoms with Gasteiger partial charge in [0.2, 0.25) is 5.91 Å². The third-order valence-corrected chi connectivity index (χ3v) is 5.62. The van der Waals surface area contributed by atoms with Gasteiger partial charge >= 0.3 is 6.09 Å². The van der Waals surface area contributed by atoms with Crippen molar-refractivity contribution in [1.29, 1.82) is 0 Å². The number of piperazine rings is 1. The smallest absolute Gasteiger partial charge is 0.409 e. The van der Waals surface area contributed by atoms with Gasteiger partial charge in [0.25, 0.3) is 5.91 Å². The SMILES string of the molecule is CCOC(=O)N1CCN(C(=O)C(C)n2cc(NC(=O)c3c(Cl)cnn3CC)c(C)n2)CC1. The summed E-state index contributed by atoms with van der Waals surface area (Å²) in [5, 5.41) is 11.5. The fraction of sp³-hybridized carbons (Fsp3) is 0.550. The van der Waals surface area contributed by atoms with Crippen LogP contribution in [0.3, 0.4) is 0 Å². The fourth-order valence-corrected chi connectivity index (χ4v) is 3.74. The number of ether oxygens (including phenoxy) is 1. The van der Waals surface area contributed by atoms with Gasteiger partial charge in [-0.1, -0.05) is 11.6 Å². The number of carbonyl (C=O) groups excluding carboxylic acids is 3. The maximum atomic E-state index is 13.0. The van der Waals surface area contributed by atoms with Gasteiger partial charge < -0.3 is 19.9 Å². The first kappa shape index (κ1) is 23.6. The van der Waals surface area contributed by atoms with Crippen molar-refractivity contribution in [1.82, 2.24) is 29.4 Å². The predicted molar refractivity (Wildman–Crippen MR) is 118 cm³/mol. The van der Waals surface area contributed by atoms with Crippen LogP contribution < -0.4 is 5.32 Å². The lowest BCUT2D eigenvalue weighted by Crippen LogP contribution is -2.52. The van der Waals surface area contributed by atoms with Gasteiger partial charge in [0.15, 0.2) is 0 Å². The van der Waals surface area contributed by atoms with E-state index in [1.54, 1.807) is 36.8 Å². The summed E-state index contributed by atoms with van der Waals surface area (Å²) >= 11 is 6.11. The molecule has 2 aromatic rings. The largest absolute Gasteiger partial charge is 0.450 e. The van der Waals surface area contributed by atoms with Crippen molar-refractivity contribution in [3.8, 4) is 0 Å². The molecule has 2 aromatic heterocycles. The zero-order chi connectivity index (χ0) is 23.4. The summed E-state index contributed by atoms with van der Waals surface area (Å²) in [6, 6.07) is -0.571. The van der Waals surface area contributed by atoms with Gasteiger partial charge in [-0.3, -0.25) is 19.0 Å². The molecule has 11 nitrogen and oxygen atoms in total. The Balaban J connectivity index is 1.65. The molecular formula is C20H28ClN7O4. The van der Waals surface area contributed by atoms with Crippen LogP contribution in [0.25, 0.3) is 0 Å². The molecule has 3 rings (SSSR count). The van der Waals surface area contributed by atoms with E-state index in [0.717, 1.165) is 0 Å². The van der Waals surface area contributed by atoms with Crippen LogP contribution in [0.2, 0.25) is 5.02 Å². The maximum absolute atomic E-state index is 13.0. The molecule has 3 amide bonds. The quantitative estimate of drug-likeness (QED) is 0.699. The van der Waals surface area contributed by atoms with Gasteiger partial charge in [-0.15, -0.1) is 0 Å². The molecule has 1 atom stereocenters. The summed E-state index contributed by atoms with van der Waals surface area (Å²) in [5.74, 6) is -0.507. The normalized spacial score (nSPS) is 14.9. The van der Waals surface area contributed by atoms with Gasteiger partial charge in [0, 0.05) is 38.9 Å². The second-order valence-corrected chi connectivity index (χ2v) is 7.81. The van der Waals surface area contributed by atoms with E-state index in [-0.39, 0.29) is 22.7 Å². The van der Waals surface area contributed by atoms with Crippen LogP contribution in [0.1, 0.15) is 43.0 Å². The van der Waals surface area contributed by atoms with Crippen LogP contribution in [0.5, 0.6) is 0 Å². The minimum absolute atomic E-state index is 0.110. The topological polar surface area (TPSA) is 115 Å². The van der Waals surface area contributed by atoms with Crippen molar-refractivity contribution in [2.75, 3.05) is 38.1 Å². The molecule has 32 heavy (non-hydrogen) atoms. The molecule has 1 N–H and O–H groups in total. The number of aryl methyl sites for hydroxylation is 2. The van der Waals surface area contributed by atoms with Crippen molar-refractivity contribution in [3.05, 3.63) is 28.8 Å². The van der Waals surface area contributed by atoms with Crippen LogP contribution in [0, 0.1) is 6.92 Å². The first-order chi connectivity index (χ1) is 15.3. The molecule has 1 aliphatic rings. The minimum atomic E-state index is -0.571. The minimum Gasteiger partial charge on any atom is -0.450 e. The van der Waals surface area contributed by atoms with Crippen molar-refractivity contribution >= 4 is 35.2 Å². The number of hydrogen-bond donors (Lipinski definition) is 1. The number of halogens is 1. The molecule has 174 valence electrons. The highest BCUT2D eigenvalue weighted by molar-refractivity contribution is 6.34. The zero-order valence-corrected chi connectivity index (χ0v) is 19.4. The highest BCUT2D eigenvalue weighted by Gasteiger charge is 2.29. The lowest BCUT2D eigenvalue weighted by atomic mass is 10.2. The van der Waals surface area contributed by atoms with E-state index in [4.69, 9.17) is 16.3 Å². The van der Waals surface area contributed by atoms with Gasteiger partial charge in [-0.25, -0.2) is 4.79 Å².